The van der Waals surface area contributed by atoms with Gasteiger partial charge in [-0.2, -0.15) is 0 Å². The number of carbonyl (C=O) groups excluding carboxylic acids is 1. The monoisotopic (exact) mass is 204 g/mol. The molecule has 15 heavy (non-hydrogen) atoms. The predicted octanol–water partition coefficient (Wildman–Crippen LogP) is 2.13. The molecule has 0 radical (unpaired) electrons. The second-order valence-electron chi connectivity index (χ2n) is 4.87. The zero-order valence-corrected chi connectivity index (χ0v) is 9.23. The van der Waals surface area contributed by atoms with E-state index in [4.69, 9.17) is 0 Å². The lowest BCUT2D eigenvalue weighted by atomic mass is 9.93. The predicted molar refractivity (Wildman–Crippen MR) is 60.2 cm³/mol. The molecular weight excluding hydrogens is 188 g/mol. The Kier molecular flexibility index (Phi) is 2.47. The molecule has 0 saturated carbocycles. The van der Waals surface area contributed by atoms with Crippen LogP contribution in [0.3, 0.4) is 0 Å². The maximum absolute atomic E-state index is 10.9. The summed E-state index contributed by atoms with van der Waals surface area (Å²) < 4.78 is 0. The fourth-order valence-corrected chi connectivity index (χ4v) is 2.06. The number of nitrogens with zero attached hydrogens (tertiary/aromatic N) is 2. The standard InChI is InChI=1S/C12H16N2O/c1-12(2)5-7-14(9-12)11-10(8-15)4-3-6-13-11/h3-4,6,8H,5,7,9H2,1-2H3. The Bertz CT molecular complexity index is 374. The van der Waals surface area contributed by atoms with Crippen LogP contribution in [0.1, 0.15) is 30.6 Å². The molecule has 0 spiro atoms. The maximum Gasteiger partial charge on any atom is 0.153 e. The van der Waals surface area contributed by atoms with Crippen molar-refractivity contribution < 1.29 is 4.79 Å². The van der Waals surface area contributed by atoms with Gasteiger partial charge in [0.1, 0.15) is 5.82 Å². The smallest absolute Gasteiger partial charge is 0.153 e. The van der Waals surface area contributed by atoms with Crippen molar-refractivity contribution in [3.05, 3.63) is 23.9 Å². The van der Waals surface area contributed by atoms with E-state index in [1.807, 2.05) is 6.07 Å². The largest absolute Gasteiger partial charge is 0.355 e. The number of hydrogen-bond donors (Lipinski definition) is 0. The van der Waals surface area contributed by atoms with Gasteiger partial charge in [0.2, 0.25) is 0 Å². The van der Waals surface area contributed by atoms with Crippen molar-refractivity contribution in [2.24, 2.45) is 5.41 Å². The summed E-state index contributed by atoms with van der Waals surface area (Å²) >= 11 is 0. The second-order valence-corrected chi connectivity index (χ2v) is 4.87. The molecule has 3 heteroatoms. The number of hydrogen-bond acceptors (Lipinski definition) is 3. The summed E-state index contributed by atoms with van der Waals surface area (Å²) in [6, 6.07) is 3.62. The fraction of sp³-hybridized carbons (Fsp3) is 0.500. The van der Waals surface area contributed by atoms with E-state index in [0.29, 0.717) is 11.0 Å². The van der Waals surface area contributed by atoms with Crippen LogP contribution in [0.15, 0.2) is 18.3 Å². The molecule has 0 unspecified atom stereocenters. The molecule has 2 rings (SSSR count). The van der Waals surface area contributed by atoms with Gasteiger partial charge < -0.3 is 4.90 Å². The van der Waals surface area contributed by atoms with Gasteiger partial charge >= 0.3 is 0 Å². The number of aromatic nitrogens is 1. The number of carbonyl (C=O) groups is 1. The lowest BCUT2D eigenvalue weighted by molar-refractivity contribution is 0.112. The van der Waals surface area contributed by atoms with Crippen LogP contribution < -0.4 is 4.90 Å². The van der Waals surface area contributed by atoms with Crippen LogP contribution in [0.25, 0.3) is 0 Å². The highest BCUT2D eigenvalue weighted by atomic mass is 16.1. The molecule has 3 nitrogen and oxygen atoms in total. The molecule has 1 aromatic heterocycles. The first kappa shape index (κ1) is 10.1. The quantitative estimate of drug-likeness (QED) is 0.692. The van der Waals surface area contributed by atoms with E-state index in [2.05, 4.69) is 23.7 Å². The van der Waals surface area contributed by atoms with E-state index in [1.165, 1.54) is 0 Å². The summed E-state index contributed by atoms with van der Waals surface area (Å²) in [5.41, 5.74) is 1.02. The Balaban J connectivity index is 2.27. The van der Waals surface area contributed by atoms with Crippen molar-refractivity contribution in [1.82, 2.24) is 4.98 Å². The van der Waals surface area contributed by atoms with Gasteiger partial charge in [0, 0.05) is 19.3 Å². The van der Waals surface area contributed by atoms with E-state index in [1.54, 1.807) is 12.3 Å². The first-order valence-electron chi connectivity index (χ1n) is 5.27. The van der Waals surface area contributed by atoms with Gasteiger partial charge in [-0.15, -0.1) is 0 Å². The van der Waals surface area contributed by atoms with Crippen LogP contribution in [0, 0.1) is 5.41 Å². The molecule has 1 aliphatic rings. The van der Waals surface area contributed by atoms with Gasteiger partial charge in [0.25, 0.3) is 0 Å². The van der Waals surface area contributed by atoms with Crippen molar-refractivity contribution >= 4 is 12.1 Å². The van der Waals surface area contributed by atoms with E-state index in [-0.39, 0.29) is 0 Å². The Morgan fingerprint density at radius 2 is 2.33 bits per heavy atom. The van der Waals surface area contributed by atoms with Crippen LogP contribution in [0.2, 0.25) is 0 Å². The van der Waals surface area contributed by atoms with Gasteiger partial charge in [0.15, 0.2) is 6.29 Å². The minimum absolute atomic E-state index is 0.331. The van der Waals surface area contributed by atoms with Crippen molar-refractivity contribution in [3.63, 3.8) is 0 Å². The first-order chi connectivity index (χ1) is 7.12. The highest BCUT2D eigenvalue weighted by molar-refractivity contribution is 5.82. The zero-order valence-electron chi connectivity index (χ0n) is 9.23. The van der Waals surface area contributed by atoms with Crippen molar-refractivity contribution in [2.45, 2.75) is 20.3 Å². The van der Waals surface area contributed by atoms with Crippen LogP contribution >= 0.6 is 0 Å². The molecule has 0 atom stereocenters. The molecule has 1 fully saturated rings. The maximum atomic E-state index is 10.9. The summed E-state index contributed by atoms with van der Waals surface area (Å²) in [6.07, 6.45) is 3.78. The first-order valence-corrected chi connectivity index (χ1v) is 5.27. The molecule has 0 amide bonds. The topological polar surface area (TPSA) is 33.2 Å². The molecular formula is C12H16N2O. The summed E-state index contributed by atoms with van der Waals surface area (Å²) in [4.78, 5) is 17.4. The lowest BCUT2D eigenvalue weighted by Gasteiger charge is -2.21. The molecule has 0 aliphatic carbocycles. The SMILES string of the molecule is CC1(C)CCN(c2ncccc2C=O)C1. The van der Waals surface area contributed by atoms with E-state index in [9.17, 15) is 4.79 Å². The average Bonchev–Trinajstić information content (AvgIpc) is 2.59. The molecule has 0 N–H and O–H groups in total. The minimum Gasteiger partial charge on any atom is -0.355 e. The average molecular weight is 204 g/mol. The van der Waals surface area contributed by atoms with Gasteiger partial charge in [-0.3, -0.25) is 4.79 Å². The lowest BCUT2D eigenvalue weighted by Crippen LogP contribution is -2.24. The Morgan fingerprint density at radius 1 is 1.53 bits per heavy atom. The molecule has 1 saturated heterocycles. The van der Waals surface area contributed by atoms with Gasteiger partial charge in [-0.25, -0.2) is 4.98 Å². The van der Waals surface area contributed by atoms with E-state index >= 15 is 0 Å². The van der Waals surface area contributed by atoms with Crippen molar-refractivity contribution in [3.8, 4) is 0 Å². The Labute approximate surface area is 90.1 Å². The second kappa shape index (κ2) is 3.65. The van der Waals surface area contributed by atoms with Gasteiger partial charge in [-0.1, -0.05) is 13.8 Å². The molecule has 1 aromatic rings. The molecule has 0 bridgehead atoms. The number of aldehydes is 1. The third-order valence-corrected chi connectivity index (χ3v) is 2.92. The summed E-state index contributed by atoms with van der Waals surface area (Å²) in [7, 11) is 0. The van der Waals surface area contributed by atoms with Crippen LogP contribution in [-0.2, 0) is 0 Å². The third-order valence-electron chi connectivity index (χ3n) is 2.92. The molecule has 2 heterocycles. The van der Waals surface area contributed by atoms with Crippen molar-refractivity contribution in [2.75, 3.05) is 18.0 Å². The Hall–Kier alpha value is -1.38. The number of rotatable bonds is 2. The molecule has 1 aliphatic heterocycles. The minimum atomic E-state index is 0.331. The summed E-state index contributed by atoms with van der Waals surface area (Å²) in [5.74, 6) is 0.832. The van der Waals surface area contributed by atoms with Gasteiger partial charge in [-0.05, 0) is 24.0 Å². The molecule has 80 valence electrons. The van der Waals surface area contributed by atoms with Crippen LogP contribution in [0.5, 0.6) is 0 Å². The number of pyridine rings is 1. The number of anilines is 1. The normalized spacial score (nSPS) is 19.2. The van der Waals surface area contributed by atoms with Gasteiger partial charge in [0.05, 0.1) is 5.56 Å². The summed E-state index contributed by atoms with van der Waals surface area (Å²) in [5, 5.41) is 0. The van der Waals surface area contributed by atoms with E-state index < -0.39 is 0 Å². The fourth-order valence-electron chi connectivity index (χ4n) is 2.06. The van der Waals surface area contributed by atoms with Crippen LogP contribution in [-0.4, -0.2) is 24.4 Å². The Morgan fingerprint density at radius 3 is 2.93 bits per heavy atom. The highest BCUT2D eigenvalue weighted by Crippen LogP contribution is 2.32. The van der Waals surface area contributed by atoms with Crippen molar-refractivity contribution in [1.29, 1.82) is 0 Å². The molecule has 0 aromatic carbocycles. The van der Waals surface area contributed by atoms with E-state index in [0.717, 1.165) is 31.6 Å². The highest BCUT2D eigenvalue weighted by Gasteiger charge is 2.30. The van der Waals surface area contributed by atoms with Crippen LogP contribution in [0.4, 0.5) is 5.82 Å². The zero-order chi connectivity index (χ0) is 10.9. The third kappa shape index (κ3) is 2.01. The summed E-state index contributed by atoms with van der Waals surface area (Å²) in [6.45, 7) is 6.46.